The van der Waals surface area contributed by atoms with Gasteiger partial charge in [-0.25, -0.2) is 9.67 Å². The first-order valence-electron chi connectivity index (χ1n) is 9.53. The van der Waals surface area contributed by atoms with Crippen molar-refractivity contribution < 1.29 is 4.74 Å². The molecule has 0 fully saturated rings. The van der Waals surface area contributed by atoms with Crippen LogP contribution >= 0.6 is 24.0 Å². The van der Waals surface area contributed by atoms with Crippen LogP contribution in [-0.2, 0) is 13.0 Å². The van der Waals surface area contributed by atoms with Crippen LogP contribution in [0.3, 0.4) is 0 Å². The fourth-order valence-corrected chi connectivity index (χ4v) is 2.90. The molecule has 29 heavy (non-hydrogen) atoms. The monoisotopic (exact) mass is 505 g/mol. The molecule has 0 unspecified atom stereocenters. The smallest absolute Gasteiger partial charge is 0.191 e. The zero-order chi connectivity index (χ0) is 19.6. The molecule has 0 radical (unpaired) electrons. The lowest BCUT2D eigenvalue weighted by Crippen LogP contribution is -2.38. The molecular weight excluding hydrogens is 477 g/mol. The van der Waals surface area contributed by atoms with Gasteiger partial charge in [0, 0.05) is 31.0 Å². The van der Waals surface area contributed by atoms with Gasteiger partial charge in [0.05, 0.1) is 19.3 Å². The molecule has 0 aliphatic heterocycles. The maximum Gasteiger partial charge on any atom is 0.191 e. The lowest BCUT2D eigenvalue weighted by Gasteiger charge is -2.12. The van der Waals surface area contributed by atoms with Crippen LogP contribution in [-0.4, -0.2) is 35.9 Å². The van der Waals surface area contributed by atoms with Gasteiger partial charge in [-0.3, -0.25) is 0 Å². The van der Waals surface area contributed by atoms with Gasteiger partial charge in [-0.2, -0.15) is 5.10 Å². The van der Waals surface area contributed by atoms with Gasteiger partial charge in [0.15, 0.2) is 5.96 Å². The predicted octanol–water partition coefficient (Wildman–Crippen LogP) is 3.80. The maximum absolute atomic E-state index is 5.40. The van der Waals surface area contributed by atoms with Crippen molar-refractivity contribution in [3.8, 4) is 11.4 Å². The molecule has 0 saturated heterocycles. The van der Waals surface area contributed by atoms with Crippen molar-refractivity contribution in [3.05, 3.63) is 78.1 Å². The standard InChI is InChI=1S/C22H27N5O.HI/c1-3-23-22(25-17-19-7-4-5-8-21(19)28-2)24-15-13-18-9-11-20(12-10-18)27-16-6-14-26-27;/h4-12,14,16H,3,13,15,17H2,1-2H3,(H2,23,24,25);1H. The van der Waals surface area contributed by atoms with Gasteiger partial charge in [0.1, 0.15) is 5.75 Å². The molecule has 3 aromatic rings. The van der Waals surface area contributed by atoms with Gasteiger partial charge in [0.25, 0.3) is 0 Å². The van der Waals surface area contributed by atoms with Gasteiger partial charge in [0.2, 0.25) is 0 Å². The van der Waals surface area contributed by atoms with E-state index in [0.29, 0.717) is 6.54 Å². The Labute approximate surface area is 189 Å². The van der Waals surface area contributed by atoms with Crippen molar-refractivity contribution in [2.75, 3.05) is 20.2 Å². The quantitative estimate of drug-likeness (QED) is 0.278. The Morgan fingerprint density at radius 3 is 2.55 bits per heavy atom. The van der Waals surface area contributed by atoms with Gasteiger partial charge in [-0.1, -0.05) is 30.3 Å². The molecule has 154 valence electrons. The molecule has 2 aromatic carbocycles. The van der Waals surface area contributed by atoms with Crippen LogP contribution in [0.1, 0.15) is 18.1 Å². The van der Waals surface area contributed by atoms with Crippen LogP contribution in [0.5, 0.6) is 5.75 Å². The molecule has 7 heteroatoms. The second kappa shape index (κ2) is 12.1. The van der Waals surface area contributed by atoms with Crippen LogP contribution in [0.4, 0.5) is 0 Å². The molecule has 0 spiro atoms. The molecule has 6 nitrogen and oxygen atoms in total. The zero-order valence-corrected chi connectivity index (χ0v) is 19.2. The summed E-state index contributed by atoms with van der Waals surface area (Å²) in [6.45, 7) is 4.25. The van der Waals surface area contributed by atoms with E-state index in [-0.39, 0.29) is 24.0 Å². The summed E-state index contributed by atoms with van der Waals surface area (Å²) in [5.74, 6) is 1.67. The maximum atomic E-state index is 5.40. The van der Waals surface area contributed by atoms with Crippen LogP contribution in [0.25, 0.3) is 5.69 Å². The summed E-state index contributed by atoms with van der Waals surface area (Å²) < 4.78 is 7.25. The number of nitrogens with one attached hydrogen (secondary N) is 2. The molecular formula is C22H28IN5O. The Morgan fingerprint density at radius 1 is 1.07 bits per heavy atom. The Balaban J connectivity index is 0.00000300. The highest BCUT2D eigenvalue weighted by Crippen LogP contribution is 2.17. The molecule has 0 amide bonds. The van der Waals surface area contributed by atoms with E-state index in [4.69, 9.17) is 4.74 Å². The van der Waals surface area contributed by atoms with E-state index in [0.717, 1.165) is 42.5 Å². The van der Waals surface area contributed by atoms with Crippen LogP contribution in [0.15, 0.2) is 72.0 Å². The molecule has 2 N–H and O–H groups in total. The number of hydrogen-bond donors (Lipinski definition) is 2. The number of nitrogens with zero attached hydrogens (tertiary/aromatic N) is 3. The topological polar surface area (TPSA) is 63.5 Å². The van der Waals surface area contributed by atoms with Crippen LogP contribution in [0, 0.1) is 0 Å². The second-order valence-electron chi connectivity index (χ2n) is 6.30. The highest BCUT2D eigenvalue weighted by Gasteiger charge is 2.03. The molecule has 0 bridgehead atoms. The first-order valence-corrected chi connectivity index (χ1v) is 9.53. The van der Waals surface area contributed by atoms with E-state index in [1.165, 1.54) is 5.56 Å². The van der Waals surface area contributed by atoms with Crippen molar-refractivity contribution in [1.82, 2.24) is 20.4 Å². The van der Waals surface area contributed by atoms with Crippen molar-refractivity contribution >= 4 is 29.9 Å². The fraction of sp³-hybridized carbons (Fsp3) is 0.273. The first kappa shape index (κ1) is 22.7. The van der Waals surface area contributed by atoms with E-state index in [2.05, 4.69) is 51.9 Å². The lowest BCUT2D eigenvalue weighted by atomic mass is 10.1. The van der Waals surface area contributed by atoms with Crippen molar-refractivity contribution in [2.45, 2.75) is 19.9 Å². The second-order valence-corrected chi connectivity index (χ2v) is 6.30. The third-order valence-corrected chi connectivity index (χ3v) is 4.36. The van der Waals surface area contributed by atoms with E-state index in [1.807, 2.05) is 41.2 Å². The van der Waals surface area contributed by atoms with E-state index in [9.17, 15) is 0 Å². The minimum Gasteiger partial charge on any atom is -0.496 e. The molecule has 0 saturated carbocycles. The minimum atomic E-state index is 0. The number of guanidine groups is 1. The van der Waals surface area contributed by atoms with Crippen molar-refractivity contribution in [3.63, 3.8) is 0 Å². The highest BCUT2D eigenvalue weighted by molar-refractivity contribution is 14.0. The molecule has 0 aliphatic rings. The van der Waals surface area contributed by atoms with Gasteiger partial charge in [-0.05, 0) is 43.2 Å². The Hall–Kier alpha value is -2.55. The Morgan fingerprint density at radius 2 is 1.86 bits per heavy atom. The molecule has 3 rings (SSSR count). The molecule has 0 atom stereocenters. The summed E-state index contributed by atoms with van der Waals surface area (Å²) in [5.41, 5.74) is 3.40. The third kappa shape index (κ3) is 6.77. The summed E-state index contributed by atoms with van der Waals surface area (Å²) in [7, 11) is 1.68. The highest BCUT2D eigenvalue weighted by atomic mass is 127. The largest absolute Gasteiger partial charge is 0.496 e. The molecule has 0 aliphatic carbocycles. The number of methoxy groups -OCH3 is 1. The number of para-hydroxylation sites is 1. The van der Waals surface area contributed by atoms with Gasteiger partial charge in [-0.15, -0.1) is 24.0 Å². The SMILES string of the molecule is CCNC(=NCc1ccccc1OC)NCCc1ccc(-n2cccn2)cc1.I. The molecule has 1 heterocycles. The lowest BCUT2D eigenvalue weighted by molar-refractivity contribution is 0.410. The number of aliphatic imine (C=N–C) groups is 1. The molecule has 1 aromatic heterocycles. The summed E-state index contributed by atoms with van der Waals surface area (Å²) >= 11 is 0. The van der Waals surface area contributed by atoms with Crippen LogP contribution in [0.2, 0.25) is 0 Å². The minimum absolute atomic E-state index is 0. The summed E-state index contributed by atoms with van der Waals surface area (Å²) in [6, 6.07) is 18.3. The van der Waals surface area contributed by atoms with Gasteiger partial charge >= 0.3 is 0 Å². The van der Waals surface area contributed by atoms with Gasteiger partial charge < -0.3 is 15.4 Å². The number of rotatable bonds is 8. The Bertz CT molecular complexity index is 878. The zero-order valence-electron chi connectivity index (χ0n) is 16.8. The van der Waals surface area contributed by atoms with Crippen molar-refractivity contribution in [1.29, 1.82) is 0 Å². The first-order chi connectivity index (χ1) is 13.8. The van der Waals surface area contributed by atoms with E-state index < -0.39 is 0 Å². The summed E-state index contributed by atoms with van der Waals surface area (Å²) in [4.78, 5) is 4.67. The normalized spacial score (nSPS) is 10.9. The average molecular weight is 505 g/mol. The van der Waals surface area contributed by atoms with E-state index in [1.54, 1.807) is 13.3 Å². The third-order valence-electron chi connectivity index (χ3n) is 4.36. The Kier molecular flexibility index (Phi) is 9.49. The van der Waals surface area contributed by atoms with Crippen molar-refractivity contribution in [2.24, 2.45) is 4.99 Å². The van der Waals surface area contributed by atoms with Crippen LogP contribution < -0.4 is 15.4 Å². The number of halogens is 1. The van der Waals surface area contributed by atoms with E-state index >= 15 is 0 Å². The summed E-state index contributed by atoms with van der Waals surface area (Å²) in [5, 5.41) is 10.9. The number of hydrogen-bond acceptors (Lipinski definition) is 3. The fourth-order valence-electron chi connectivity index (χ4n) is 2.90. The summed E-state index contributed by atoms with van der Waals surface area (Å²) in [6.07, 6.45) is 4.64. The number of ether oxygens (including phenoxy) is 1. The predicted molar refractivity (Wildman–Crippen MR) is 128 cm³/mol. The number of benzene rings is 2. The average Bonchev–Trinajstić information content (AvgIpc) is 3.27. The number of aromatic nitrogens is 2.